The summed E-state index contributed by atoms with van der Waals surface area (Å²) in [5.74, 6) is -0.965. The Kier molecular flexibility index (Phi) is 3.15. The van der Waals surface area contributed by atoms with E-state index in [0.717, 1.165) is 12.3 Å². The molecule has 2 N–H and O–H groups in total. The molecule has 2 rings (SSSR count). The number of pyridine rings is 1. The number of phenolic OH excluding ortho intramolecular Hbond substituents is 1. The normalized spacial score (nSPS) is 11.2. The smallest absolute Gasteiger partial charge is 0.266 e. The van der Waals surface area contributed by atoms with E-state index in [0.29, 0.717) is 0 Å². The first-order chi connectivity index (χ1) is 8.49. The molecule has 0 atom stereocenters. The average Bonchev–Trinajstić information content (AvgIpc) is 2.32. The number of nitrogens with one attached hydrogen (secondary N) is 1. The number of hydrogen-bond donors (Lipinski definition) is 2. The van der Waals surface area contributed by atoms with E-state index in [1.165, 1.54) is 30.3 Å². The fourth-order valence-corrected chi connectivity index (χ4v) is 2.42. The molecule has 1 aromatic carbocycles. The van der Waals surface area contributed by atoms with Crippen LogP contribution in [0.5, 0.6) is 5.75 Å². The molecular formula is C11H9FN2O3S. The van der Waals surface area contributed by atoms with Crippen molar-refractivity contribution in [1.82, 2.24) is 4.98 Å². The number of halogens is 1. The number of aromatic nitrogens is 1. The van der Waals surface area contributed by atoms with Gasteiger partial charge in [-0.05, 0) is 24.3 Å². The van der Waals surface area contributed by atoms with Crippen molar-refractivity contribution >= 4 is 15.8 Å². The lowest BCUT2D eigenvalue weighted by Crippen LogP contribution is -2.14. The molecule has 0 amide bonds. The molecule has 0 radical (unpaired) electrons. The zero-order chi connectivity index (χ0) is 13.2. The number of rotatable bonds is 3. The number of para-hydroxylation sites is 1. The second-order valence-corrected chi connectivity index (χ2v) is 5.09. The van der Waals surface area contributed by atoms with Crippen LogP contribution in [-0.4, -0.2) is 18.5 Å². The van der Waals surface area contributed by atoms with Gasteiger partial charge in [-0.3, -0.25) is 4.72 Å². The third kappa shape index (κ3) is 2.57. The summed E-state index contributed by atoms with van der Waals surface area (Å²) in [6.07, 6.45) is 0.892. The third-order valence-electron chi connectivity index (χ3n) is 2.12. The van der Waals surface area contributed by atoms with Crippen LogP contribution in [0.4, 0.5) is 10.2 Å². The SMILES string of the molecule is O=S(=O)(Nc1ccc(F)cn1)c1ccccc1O. The van der Waals surface area contributed by atoms with Gasteiger partial charge < -0.3 is 5.11 Å². The maximum Gasteiger partial charge on any atom is 0.266 e. The van der Waals surface area contributed by atoms with Crippen LogP contribution in [-0.2, 0) is 10.0 Å². The summed E-state index contributed by atoms with van der Waals surface area (Å²) in [6, 6.07) is 7.76. The highest BCUT2D eigenvalue weighted by Crippen LogP contribution is 2.23. The van der Waals surface area contributed by atoms with Crippen molar-refractivity contribution in [2.24, 2.45) is 0 Å². The van der Waals surface area contributed by atoms with E-state index < -0.39 is 15.8 Å². The molecule has 5 nitrogen and oxygen atoms in total. The highest BCUT2D eigenvalue weighted by molar-refractivity contribution is 7.92. The number of anilines is 1. The molecular weight excluding hydrogens is 259 g/mol. The molecule has 2 aromatic rings. The number of sulfonamides is 1. The summed E-state index contributed by atoms with van der Waals surface area (Å²) in [5.41, 5.74) is 0. The lowest BCUT2D eigenvalue weighted by Gasteiger charge is -2.08. The van der Waals surface area contributed by atoms with Gasteiger partial charge in [0.05, 0.1) is 6.20 Å². The van der Waals surface area contributed by atoms with Crippen LogP contribution in [0.2, 0.25) is 0 Å². The molecule has 0 saturated carbocycles. The molecule has 0 aliphatic rings. The first-order valence-electron chi connectivity index (χ1n) is 4.91. The Balaban J connectivity index is 2.33. The van der Waals surface area contributed by atoms with Crippen LogP contribution in [0, 0.1) is 5.82 Å². The standard InChI is InChI=1S/C11H9FN2O3S/c12-8-5-6-11(13-7-8)14-18(16,17)10-4-2-1-3-9(10)15/h1-7,15H,(H,13,14). The Bertz CT molecular complexity index is 656. The molecule has 0 aliphatic heterocycles. The molecule has 18 heavy (non-hydrogen) atoms. The minimum Gasteiger partial charge on any atom is -0.507 e. The Morgan fingerprint density at radius 1 is 1.17 bits per heavy atom. The number of benzene rings is 1. The van der Waals surface area contributed by atoms with Crippen LogP contribution >= 0.6 is 0 Å². The molecule has 0 saturated heterocycles. The van der Waals surface area contributed by atoms with Gasteiger partial charge in [-0.25, -0.2) is 17.8 Å². The van der Waals surface area contributed by atoms with Crippen LogP contribution in [0.15, 0.2) is 47.5 Å². The Labute approximate surface area is 103 Å². The Morgan fingerprint density at radius 3 is 2.50 bits per heavy atom. The molecule has 1 heterocycles. The maximum absolute atomic E-state index is 12.6. The van der Waals surface area contributed by atoms with Gasteiger partial charge in [0, 0.05) is 0 Å². The molecule has 0 fully saturated rings. The molecule has 0 aliphatic carbocycles. The van der Waals surface area contributed by atoms with Crippen molar-refractivity contribution < 1.29 is 17.9 Å². The summed E-state index contributed by atoms with van der Waals surface area (Å²) in [5, 5.41) is 9.47. The van der Waals surface area contributed by atoms with Crippen LogP contribution in [0.25, 0.3) is 0 Å². The predicted molar refractivity (Wildman–Crippen MR) is 63.1 cm³/mol. The van der Waals surface area contributed by atoms with Gasteiger partial charge in [-0.15, -0.1) is 0 Å². The monoisotopic (exact) mass is 268 g/mol. The number of hydrogen-bond acceptors (Lipinski definition) is 4. The summed E-state index contributed by atoms with van der Waals surface area (Å²) < 4.78 is 38.6. The van der Waals surface area contributed by atoms with Crippen molar-refractivity contribution in [2.75, 3.05) is 4.72 Å². The van der Waals surface area contributed by atoms with Gasteiger partial charge in [-0.2, -0.15) is 0 Å². The first-order valence-corrected chi connectivity index (χ1v) is 6.40. The maximum atomic E-state index is 12.6. The fourth-order valence-electron chi connectivity index (χ4n) is 1.31. The van der Waals surface area contributed by atoms with Crippen molar-refractivity contribution in [3.05, 3.63) is 48.4 Å². The fraction of sp³-hybridized carbons (Fsp3) is 0. The van der Waals surface area contributed by atoms with E-state index in [-0.39, 0.29) is 16.5 Å². The summed E-state index contributed by atoms with van der Waals surface area (Å²) in [4.78, 5) is 3.30. The Morgan fingerprint density at radius 2 is 1.89 bits per heavy atom. The van der Waals surface area contributed by atoms with Crippen LogP contribution in [0.3, 0.4) is 0 Å². The van der Waals surface area contributed by atoms with Gasteiger partial charge in [0.15, 0.2) is 0 Å². The largest absolute Gasteiger partial charge is 0.507 e. The van der Waals surface area contributed by atoms with E-state index in [4.69, 9.17) is 0 Å². The van der Waals surface area contributed by atoms with E-state index in [9.17, 15) is 17.9 Å². The first kappa shape index (κ1) is 12.3. The van der Waals surface area contributed by atoms with Crippen LogP contribution in [0.1, 0.15) is 0 Å². The number of aromatic hydroxyl groups is 1. The molecule has 0 bridgehead atoms. The van der Waals surface area contributed by atoms with E-state index in [1.807, 2.05) is 0 Å². The summed E-state index contributed by atoms with van der Waals surface area (Å²) in [7, 11) is -3.94. The summed E-state index contributed by atoms with van der Waals surface area (Å²) in [6.45, 7) is 0. The van der Waals surface area contributed by atoms with Crippen molar-refractivity contribution in [2.45, 2.75) is 4.90 Å². The van der Waals surface area contributed by atoms with Crippen LogP contribution < -0.4 is 4.72 Å². The second-order valence-electron chi connectivity index (χ2n) is 3.43. The zero-order valence-corrected chi connectivity index (χ0v) is 9.86. The van der Waals surface area contributed by atoms with Gasteiger partial charge in [-0.1, -0.05) is 12.1 Å². The van der Waals surface area contributed by atoms with Gasteiger partial charge in [0.1, 0.15) is 22.3 Å². The minimum atomic E-state index is -3.94. The van der Waals surface area contributed by atoms with Crippen molar-refractivity contribution in [3.8, 4) is 5.75 Å². The van der Waals surface area contributed by atoms with E-state index in [1.54, 1.807) is 0 Å². The van der Waals surface area contributed by atoms with E-state index in [2.05, 4.69) is 9.71 Å². The van der Waals surface area contributed by atoms with Gasteiger partial charge >= 0.3 is 0 Å². The zero-order valence-electron chi connectivity index (χ0n) is 9.04. The van der Waals surface area contributed by atoms with Gasteiger partial charge in [0.2, 0.25) is 0 Å². The Hall–Kier alpha value is -2.15. The lowest BCUT2D eigenvalue weighted by atomic mass is 10.3. The van der Waals surface area contributed by atoms with E-state index >= 15 is 0 Å². The average molecular weight is 268 g/mol. The third-order valence-corrected chi connectivity index (χ3v) is 3.52. The summed E-state index contributed by atoms with van der Waals surface area (Å²) >= 11 is 0. The molecule has 7 heteroatoms. The minimum absolute atomic E-state index is 0.0281. The number of phenols is 1. The molecule has 0 spiro atoms. The second kappa shape index (κ2) is 4.61. The molecule has 0 unspecified atom stereocenters. The molecule has 1 aromatic heterocycles. The van der Waals surface area contributed by atoms with Gasteiger partial charge in [0.25, 0.3) is 10.0 Å². The number of nitrogens with zero attached hydrogens (tertiary/aromatic N) is 1. The predicted octanol–water partition coefficient (Wildman–Crippen LogP) is 1.73. The topological polar surface area (TPSA) is 79.3 Å². The quantitative estimate of drug-likeness (QED) is 0.888. The van der Waals surface area contributed by atoms with Crippen molar-refractivity contribution in [1.29, 1.82) is 0 Å². The lowest BCUT2D eigenvalue weighted by molar-refractivity contribution is 0.459. The highest BCUT2D eigenvalue weighted by atomic mass is 32.2. The van der Waals surface area contributed by atoms with Crippen molar-refractivity contribution in [3.63, 3.8) is 0 Å². The highest BCUT2D eigenvalue weighted by Gasteiger charge is 2.18. The molecule has 94 valence electrons.